The van der Waals surface area contributed by atoms with Crippen molar-refractivity contribution in [1.29, 1.82) is 0 Å². The molecule has 0 saturated carbocycles. The molecule has 0 aromatic heterocycles. The Morgan fingerprint density at radius 3 is 2.82 bits per heavy atom. The molecule has 1 aromatic carbocycles. The van der Waals surface area contributed by atoms with Gasteiger partial charge in [0.25, 0.3) is 0 Å². The van der Waals surface area contributed by atoms with Crippen molar-refractivity contribution < 1.29 is 9.13 Å². The molecular formula is C8H8FNO. The van der Waals surface area contributed by atoms with Gasteiger partial charge in [0.15, 0.2) is 11.6 Å². The first-order chi connectivity index (χ1) is 5.29. The van der Waals surface area contributed by atoms with E-state index in [1.165, 1.54) is 19.2 Å². The van der Waals surface area contributed by atoms with E-state index in [1.807, 2.05) is 0 Å². The Kier molecular flexibility index (Phi) is 2.21. The third-order valence-corrected chi connectivity index (χ3v) is 1.33. The molecule has 0 unspecified atom stereocenters. The maximum Gasteiger partial charge on any atom is 0.190 e. The van der Waals surface area contributed by atoms with Gasteiger partial charge < -0.3 is 4.74 Å². The van der Waals surface area contributed by atoms with E-state index in [0.717, 1.165) is 0 Å². The van der Waals surface area contributed by atoms with Crippen LogP contribution in [0, 0.1) is 5.82 Å². The Balaban J connectivity index is 3.20. The highest BCUT2D eigenvalue weighted by atomic mass is 19.1. The molecule has 0 amide bonds. The van der Waals surface area contributed by atoms with E-state index in [9.17, 15) is 4.39 Å². The Morgan fingerprint density at radius 1 is 1.55 bits per heavy atom. The van der Waals surface area contributed by atoms with Crippen molar-refractivity contribution in [3.63, 3.8) is 0 Å². The first kappa shape index (κ1) is 7.72. The minimum atomic E-state index is -0.468. The fourth-order valence-electron chi connectivity index (χ4n) is 0.779. The second-order valence-corrected chi connectivity index (χ2v) is 1.95. The summed E-state index contributed by atoms with van der Waals surface area (Å²) in [5.74, 6) is -0.278. The fourth-order valence-corrected chi connectivity index (χ4v) is 0.779. The first-order valence-corrected chi connectivity index (χ1v) is 3.09. The van der Waals surface area contributed by atoms with E-state index < -0.39 is 5.82 Å². The van der Waals surface area contributed by atoms with Gasteiger partial charge in [-0.1, -0.05) is 6.07 Å². The summed E-state index contributed by atoms with van der Waals surface area (Å²) in [6.07, 6.45) is 0. The summed E-state index contributed by atoms with van der Waals surface area (Å²) >= 11 is 0. The lowest BCUT2D eigenvalue weighted by Crippen LogP contribution is -1.86. The molecule has 0 bridgehead atoms. The van der Waals surface area contributed by atoms with E-state index in [2.05, 4.69) is 11.7 Å². The quantitative estimate of drug-likeness (QED) is 0.596. The Hall–Kier alpha value is -1.38. The smallest absolute Gasteiger partial charge is 0.190 e. The van der Waals surface area contributed by atoms with E-state index >= 15 is 0 Å². The molecule has 0 aliphatic heterocycles. The van der Waals surface area contributed by atoms with Gasteiger partial charge >= 0.3 is 0 Å². The summed E-state index contributed by atoms with van der Waals surface area (Å²) in [6, 6.07) is 4.72. The van der Waals surface area contributed by atoms with Crippen LogP contribution < -0.4 is 4.74 Å². The lowest BCUT2D eigenvalue weighted by molar-refractivity contribution is 0.387. The number of aliphatic imine (C=N–C) groups is 1. The molecule has 0 N–H and O–H groups in total. The number of hydrogen-bond donors (Lipinski definition) is 0. The second-order valence-electron chi connectivity index (χ2n) is 1.95. The van der Waals surface area contributed by atoms with Gasteiger partial charge in [-0.2, -0.15) is 0 Å². The zero-order valence-corrected chi connectivity index (χ0v) is 6.17. The molecule has 1 rings (SSSR count). The third kappa shape index (κ3) is 1.37. The average molecular weight is 153 g/mol. The number of benzene rings is 1. The van der Waals surface area contributed by atoms with Gasteiger partial charge in [0.05, 0.1) is 7.11 Å². The summed E-state index contributed by atoms with van der Waals surface area (Å²) in [6.45, 7) is 3.22. The van der Waals surface area contributed by atoms with E-state index in [0.29, 0.717) is 0 Å². The van der Waals surface area contributed by atoms with Crippen LogP contribution >= 0.6 is 0 Å². The normalized spacial score (nSPS) is 9.27. The van der Waals surface area contributed by atoms with Crippen LogP contribution in [-0.2, 0) is 0 Å². The number of ether oxygens (including phenoxy) is 1. The first-order valence-electron chi connectivity index (χ1n) is 3.09. The van der Waals surface area contributed by atoms with Gasteiger partial charge in [-0.05, 0) is 18.9 Å². The van der Waals surface area contributed by atoms with E-state index in [1.54, 1.807) is 6.07 Å². The van der Waals surface area contributed by atoms with Gasteiger partial charge in [0.1, 0.15) is 5.69 Å². The van der Waals surface area contributed by atoms with Gasteiger partial charge in [-0.25, -0.2) is 4.39 Å². The monoisotopic (exact) mass is 153 g/mol. The molecule has 0 aliphatic rings. The van der Waals surface area contributed by atoms with Crippen LogP contribution in [-0.4, -0.2) is 13.8 Å². The number of nitrogens with zero attached hydrogens (tertiary/aromatic N) is 1. The second kappa shape index (κ2) is 3.14. The van der Waals surface area contributed by atoms with Crippen LogP contribution in [0.5, 0.6) is 5.75 Å². The van der Waals surface area contributed by atoms with Crippen molar-refractivity contribution >= 4 is 12.4 Å². The van der Waals surface area contributed by atoms with Gasteiger partial charge in [-0.3, -0.25) is 4.99 Å². The molecule has 0 saturated heterocycles. The fraction of sp³-hybridized carbons (Fsp3) is 0.125. The molecular weight excluding hydrogens is 145 g/mol. The maximum atomic E-state index is 13.0. The van der Waals surface area contributed by atoms with Crippen LogP contribution in [0.4, 0.5) is 10.1 Å². The molecule has 11 heavy (non-hydrogen) atoms. The maximum absolute atomic E-state index is 13.0. The molecule has 0 fully saturated rings. The number of hydrogen-bond acceptors (Lipinski definition) is 2. The van der Waals surface area contributed by atoms with Crippen LogP contribution in [0.2, 0.25) is 0 Å². The summed E-state index contributed by atoms with van der Waals surface area (Å²) in [5.41, 5.74) is 0.212. The predicted molar refractivity (Wildman–Crippen MR) is 42.2 cm³/mol. The summed E-state index contributed by atoms with van der Waals surface area (Å²) in [5, 5.41) is 0. The van der Waals surface area contributed by atoms with Crippen molar-refractivity contribution in [2.75, 3.05) is 7.11 Å². The highest BCUT2D eigenvalue weighted by Gasteiger charge is 2.04. The molecule has 58 valence electrons. The van der Waals surface area contributed by atoms with Crippen molar-refractivity contribution in [1.82, 2.24) is 0 Å². The SMILES string of the molecule is C=Nc1cccc(OC)c1F. The zero-order chi connectivity index (χ0) is 8.27. The van der Waals surface area contributed by atoms with Crippen LogP contribution in [0.15, 0.2) is 23.2 Å². The molecule has 0 aliphatic carbocycles. The van der Waals surface area contributed by atoms with E-state index in [4.69, 9.17) is 4.74 Å². The lowest BCUT2D eigenvalue weighted by Gasteiger charge is -2.01. The van der Waals surface area contributed by atoms with Crippen molar-refractivity contribution in [3.8, 4) is 5.75 Å². The molecule has 3 heteroatoms. The lowest BCUT2D eigenvalue weighted by atomic mass is 10.3. The standard InChI is InChI=1S/C8H8FNO/c1-10-6-4-3-5-7(11-2)8(6)9/h3-5H,1H2,2H3. The minimum Gasteiger partial charge on any atom is -0.494 e. The molecule has 0 atom stereocenters. The Bertz CT molecular complexity index is 273. The summed E-state index contributed by atoms with van der Waals surface area (Å²) in [7, 11) is 1.41. The highest BCUT2D eigenvalue weighted by Crippen LogP contribution is 2.25. The van der Waals surface area contributed by atoms with E-state index in [-0.39, 0.29) is 11.4 Å². The number of rotatable bonds is 2. The predicted octanol–water partition coefficient (Wildman–Crippen LogP) is 2.17. The van der Waals surface area contributed by atoms with Gasteiger partial charge in [0, 0.05) is 0 Å². The van der Waals surface area contributed by atoms with Gasteiger partial charge in [0.2, 0.25) is 0 Å². The van der Waals surface area contributed by atoms with Crippen LogP contribution in [0.3, 0.4) is 0 Å². The Labute approximate surface area is 64.3 Å². The molecule has 0 spiro atoms. The molecule has 0 radical (unpaired) electrons. The summed E-state index contributed by atoms with van der Waals surface area (Å²) < 4.78 is 17.7. The van der Waals surface area contributed by atoms with Crippen LogP contribution in [0.1, 0.15) is 0 Å². The highest BCUT2D eigenvalue weighted by molar-refractivity contribution is 5.50. The number of halogens is 1. The largest absolute Gasteiger partial charge is 0.494 e. The Morgan fingerprint density at radius 2 is 2.27 bits per heavy atom. The summed E-state index contributed by atoms with van der Waals surface area (Å²) in [4.78, 5) is 3.47. The van der Waals surface area contributed by atoms with Crippen molar-refractivity contribution in [3.05, 3.63) is 24.0 Å². The minimum absolute atomic E-state index is 0.190. The average Bonchev–Trinajstić information content (AvgIpc) is 2.05. The number of methoxy groups -OCH3 is 1. The molecule has 1 aromatic rings. The van der Waals surface area contributed by atoms with Crippen molar-refractivity contribution in [2.45, 2.75) is 0 Å². The topological polar surface area (TPSA) is 21.6 Å². The van der Waals surface area contributed by atoms with Gasteiger partial charge in [-0.15, -0.1) is 0 Å². The third-order valence-electron chi connectivity index (χ3n) is 1.33. The zero-order valence-electron chi connectivity index (χ0n) is 6.17. The van der Waals surface area contributed by atoms with Crippen LogP contribution in [0.25, 0.3) is 0 Å². The van der Waals surface area contributed by atoms with Crippen molar-refractivity contribution in [2.24, 2.45) is 4.99 Å². The molecule has 2 nitrogen and oxygen atoms in total. The molecule has 0 heterocycles.